The zero-order chi connectivity index (χ0) is 9.84. The molecular formula is C10H20N2O. The zero-order valence-electron chi connectivity index (χ0n) is 8.62. The lowest BCUT2D eigenvalue weighted by molar-refractivity contribution is -0.133. The van der Waals surface area contributed by atoms with Crippen LogP contribution in [0.25, 0.3) is 0 Å². The van der Waals surface area contributed by atoms with Crippen LogP contribution in [0.15, 0.2) is 0 Å². The van der Waals surface area contributed by atoms with Crippen LogP contribution >= 0.6 is 0 Å². The predicted octanol–water partition coefficient (Wildman–Crippen LogP) is 1.12. The van der Waals surface area contributed by atoms with Crippen LogP contribution in [0.5, 0.6) is 0 Å². The third kappa shape index (κ3) is 2.44. The Hall–Kier alpha value is -0.570. The van der Waals surface area contributed by atoms with Gasteiger partial charge in [-0.2, -0.15) is 0 Å². The summed E-state index contributed by atoms with van der Waals surface area (Å²) in [7, 11) is 1.88. The van der Waals surface area contributed by atoms with Gasteiger partial charge in [-0.1, -0.05) is 19.8 Å². The topological polar surface area (TPSA) is 46.3 Å². The van der Waals surface area contributed by atoms with Gasteiger partial charge in [-0.25, -0.2) is 0 Å². The number of nitrogens with zero attached hydrogens (tertiary/aromatic N) is 1. The molecule has 3 heteroatoms. The summed E-state index contributed by atoms with van der Waals surface area (Å²) in [5, 5.41) is 0. The van der Waals surface area contributed by atoms with Crippen molar-refractivity contribution in [3.05, 3.63) is 0 Å². The average Bonchev–Trinajstić information content (AvgIpc) is 2.67. The van der Waals surface area contributed by atoms with E-state index in [2.05, 4.69) is 0 Å². The van der Waals surface area contributed by atoms with Crippen molar-refractivity contribution in [1.29, 1.82) is 0 Å². The van der Waals surface area contributed by atoms with Crippen LogP contribution in [-0.2, 0) is 4.79 Å². The molecule has 0 aromatic carbocycles. The smallest absolute Gasteiger partial charge is 0.239 e. The number of hydrogen-bond acceptors (Lipinski definition) is 2. The second kappa shape index (κ2) is 4.61. The third-order valence-corrected chi connectivity index (χ3v) is 2.98. The van der Waals surface area contributed by atoms with Gasteiger partial charge in [0.1, 0.15) is 0 Å². The minimum atomic E-state index is -0.300. The second-order valence-electron chi connectivity index (χ2n) is 3.90. The van der Waals surface area contributed by atoms with Gasteiger partial charge in [0.2, 0.25) is 5.91 Å². The Morgan fingerprint density at radius 1 is 1.54 bits per heavy atom. The number of amides is 1. The van der Waals surface area contributed by atoms with Gasteiger partial charge in [-0.15, -0.1) is 0 Å². The molecule has 1 amide bonds. The van der Waals surface area contributed by atoms with E-state index in [0.29, 0.717) is 6.04 Å². The lowest BCUT2D eigenvalue weighted by Gasteiger charge is -2.26. The minimum Gasteiger partial charge on any atom is -0.341 e. The van der Waals surface area contributed by atoms with Gasteiger partial charge in [0.25, 0.3) is 0 Å². The van der Waals surface area contributed by atoms with Crippen LogP contribution in [0.3, 0.4) is 0 Å². The van der Waals surface area contributed by atoms with Crippen molar-refractivity contribution in [3.63, 3.8) is 0 Å². The largest absolute Gasteiger partial charge is 0.341 e. The van der Waals surface area contributed by atoms with E-state index < -0.39 is 0 Å². The summed E-state index contributed by atoms with van der Waals surface area (Å²) in [4.78, 5) is 13.5. The van der Waals surface area contributed by atoms with Crippen LogP contribution in [0, 0.1) is 0 Å². The molecule has 0 saturated heterocycles. The maximum atomic E-state index is 11.7. The molecule has 0 aromatic rings. The molecule has 1 aliphatic carbocycles. The number of rotatable bonds is 3. The molecule has 1 saturated carbocycles. The summed E-state index contributed by atoms with van der Waals surface area (Å²) in [6, 6.07) is 0.149. The van der Waals surface area contributed by atoms with Gasteiger partial charge in [-0.3, -0.25) is 4.79 Å². The van der Waals surface area contributed by atoms with E-state index in [-0.39, 0.29) is 11.9 Å². The standard InChI is InChI=1S/C10H20N2O/c1-3-9(11)10(13)12(2)8-6-4-5-7-8/h8-9H,3-7,11H2,1-2H3. The first kappa shape index (κ1) is 10.5. The van der Waals surface area contributed by atoms with Crippen LogP contribution in [-0.4, -0.2) is 29.9 Å². The molecule has 2 N–H and O–H groups in total. The van der Waals surface area contributed by atoms with Gasteiger partial charge in [0.05, 0.1) is 6.04 Å². The summed E-state index contributed by atoms with van der Waals surface area (Å²) < 4.78 is 0. The van der Waals surface area contributed by atoms with Crippen molar-refractivity contribution in [2.75, 3.05) is 7.05 Å². The molecule has 1 atom stereocenters. The molecule has 1 unspecified atom stereocenters. The SMILES string of the molecule is CCC(N)C(=O)N(C)C1CCCC1. The summed E-state index contributed by atoms with van der Waals surface area (Å²) in [5.41, 5.74) is 5.69. The highest BCUT2D eigenvalue weighted by molar-refractivity contribution is 5.81. The number of nitrogens with two attached hydrogens (primary N) is 1. The highest BCUT2D eigenvalue weighted by Gasteiger charge is 2.25. The van der Waals surface area contributed by atoms with Gasteiger partial charge in [0, 0.05) is 13.1 Å². The maximum Gasteiger partial charge on any atom is 0.239 e. The van der Waals surface area contributed by atoms with E-state index in [4.69, 9.17) is 5.73 Å². The Labute approximate surface area is 80.3 Å². The third-order valence-electron chi connectivity index (χ3n) is 2.98. The molecule has 1 aliphatic rings. The van der Waals surface area contributed by atoms with Crippen molar-refractivity contribution in [3.8, 4) is 0 Å². The number of hydrogen-bond donors (Lipinski definition) is 1. The van der Waals surface area contributed by atoms with Crippen LogP contribution in [0.4, 0.5) is 0 Å². The number of carbonyl (C=O) groups excluding carboxylic acids is 1. The first-order chi connectivity index (χ1) is 6.16. The Morgan fingerprint density at radius 2 is 2.08 bits per heavy atom. The Morgan fingerprint density at radius 3 is 2.54 bits per heavy atom. The summed E-state index contributed by atoms with van der Waals surface area (Å²) in [6.07, 6.45) is 5.54. The van der Waals surface area contributed by atoms with E-state index in [9.17, 15) is 4.79 Å². The van der Waals surface area contributed by atoms with Gasteiger partial charge >= 0.3 is 0 Å². The highest BCUT2D eigenvalue weighted by Crippen LogP contribution is 2.22. The summed E-state index contributed by atoms with van der Waals surface area (Å²) in [5.74, 6) is 0.106. The van der Waals surface area contributed by atoms with Crippen molar-refractivity contribution >= 4 is 5.91 Å². The average molecular weight is 184 g/mol. The summed E-state index contributed by atoms with van der Waals surface area (Å²) >= 11 is 0. The molecule has 0 radical (unpaired) electrons. The van der Waals surface area contributed by atoms with Crippen LogP contribution in [0.1, 0.15) is 39.0 Å². The highest BCUT2D eigenvalue weighted by atomic mass is 16.2. The molecule has 0 aliphatic heterocycles. The fourth-order valence-electron chi connectivity index (χ4n) is 1.91. The summed E-state index contributed by atoms with van der Waals surface area (Å²) in [6.45, 7) is 1.95. The Kier molecular flexibility index (Phi) is 3.72. The van der Waals surface area contributed by atoms with E-state index in [0.717, 1.165) is 19.3 Å². The Bertz CT molecular complexity index is 176. The van der Waals surface area contributed by atoms with Crippen molar-refractivity contribution < 1.29 is 4.79 Å². The maximum absolute atomic E-state index is 11.7. The quantitative estimate of drug-likeness (QED) is 0.714. The second-order valence-corrected chi connectivity index (χ2v) is 3.90. The first-order valence-electron chi connectivity index (χ1n) is 5.19. The van der Waals surface area contributed by atoms with Crippen LogP contribution < -0.4 is 5.73 Å². The van der Waals surface area contributed by atoms with Gasteiger partial charge < -0.3 is 10.6 Å². The van der Waals surface area contributed by atoms with Crippen molar-refractivity contribution in [2.45, 2.75) is 51.1 Å². The molecule has 0 heterocycles. The van der Waals surface area contributed by atoms with E-state index in [1.807, 2.05) is 18.9 Å². The lowest BCUT2D eigenvalue weighted by atomic mass is 10.1. The lowest BCUT2D eigenvalue weighted by Crippen LogP contribution is -2.45. The zero-order valence-corrected chi connectivity index (χ0v) is 8.62. The Balaban J connectivity index is 2.45. The van der Waals surface area contributed by atoms with Crippen molar-refractivity contribution in [1.82, 2.24) is 4.90 Å². The molecular weight excluding hydrogens is 164 g/mol. The fourth-order valence-corrected chi connectivity index (χ4v) is 1.91. The molecule has 0 spiro atoms. The molecule has 0 aromatic heterocycles. The van der Waals surface area contributed by atoms with Gasteiger partial charge in [-0.05, 0) is 19.3 Å². The van der Waals surface area contributed by atoms with Gasteiger partial charge in [0.15, 0.2) is 0 Å². The van der Waals surface area contributed by atoms with Crippen molar-refractivity contribution in [2.24, 2.45) is 5.73 Å². The molecule has 3 nitrogen and oxygen atoms in total. The molecule has 1 fully saturated rings. The predicted molar refractivity (Wildman–Crippen MR) is 53.3 cm³/mol. The minimum absolute atomic E-state index is 0.106. The molecule has 1 rings (SSSR count). The number of likely N-dealkylation sites (N-methyl/N-ethyl adjacent to an activating group) is 1. The normalized spacial score (nSPS) is 20.2. The van der Waals surface area contributed by atoms with E-state index in [1.54, 1.807) is 0 Å². The van der Waals surface area contributed by atoms with Crippen LogP contribution in [0.2, 0.25) is 0 Å². The molecule has 0 bridgehead atoms. The number of carbonyl (C=O) groups is 1. The van der Waals surface area contributed by atoms with E-state index >= 15 is 0 Å². The monoisotopic (exact) mass is 184 g/mol. The fraction of sp³-hybridized carbons (Fsp3) is 0.900. The first-order valence-corrected chi connectivity index (χ1v) is 5.19. The molecule has 13 heavy (non-hydrogen) atoms. The van der Waals surface area contributed by atoms with E-state index in [1.165, 1.54) is 12.8 Å². The molecule has 76 valence electrons.